The van der Waals surface area contributed by atoms with Gasteiger partial charge in [-0.05, 0) is 33.2 Å². The fraction of sp³-hybridized carbons (Fsp3) is 0.833. The average Bonchev–Trinajstić information content (AvgIpc) is 2.74. The third kappa shape index (κ3) is 5.22. The van der Waals surface area contributed by atoms with E-state index in [1.54, 1.807) is 25.7 Å². The van der Waals surface area contributed by atoms with Gasteiger partial charge in [-0.2, -0.15) is 0 Å². The number of nitrogens with zero attached hydrogens (tertiary/aromatic N) is 2. The molecule has 0 radical (unpaired) electrons. The van der Waals surface area contributed by atoms with Crippen molar-refractivity contribution in [1.82, 2.24) is 9.80 Å². The molecule has 26 heavy (non-hydrogen) atoms. The Morgan fingerprint density at radius 3 is 2.42 bits per heavy atom. The largest absolute Gasteiger partial charge is 0.450 e. The van der Waals surface area contributed by atoms with Crippen molar-refractivity contribution < 1.29 is 25.2 Å². The molecule has 2 heterocycles. The molecule has 0 aromatic carbocycles. The lowest BCUT2D eigenvalue weighted by Gasteiger charge is -2.33. The molecule has 2 aliphatic heterocycles. The van der Waals surface area contributed by atoms with Crippen LogP contribution in [0.4, 0.5) is 9.59 Å². The van der Waals surface area contributed by atoms with Crippen LogP contribution in [-0.2, 0) is 14.3 Å². The molecule has 0 N–H and O–H groups in total. The highest BCUT2D eigenvalue weighted by Crippen LogP contribution is 2.35. The molecule has 0 unspecified atom stereocenters. The third-order valence-electron chi connectivity index (χ3n) is 4.66. The second-order valence-corrected chi connectivity index (χ2v) is 15.1. The molecular weight excluding hydrogens is 352 g/mol. The first-order chi connectivity index (χ1) is 12.3. The van der Waals surface area contributed by atoms with Gasteiger partial charge < -0.3 is 19.2 Å². The van der Waals surface area contributed by atoms with Crippen molar-refractivity contribution in [3.8, 4) is 0 Å². The minimum Gasteiger partial charge on any atom is -0.450 e. The first-order valence-electron chi connectivity index (χ1n) is 9.72. The van der Waals surface area contributed by atoms with E-state index in [-0.39, 0.29) is 12.0 Å². The van der Waals surface area contributed by atoms with E-state index in [9.17, 15) is 14.4 Å². The van der Waals surface area contributed by atoms with Gasteiger partial charge in [0.25, 0.3) is 0 Å². The predicted octanol–water partition coefficient (Wildman–Crippen LogP) is 2.97. The summed E-state index contributed by atoms with van der Waals surface area (Å²) >= 11 is 0. The molecule has 2 amide bonds. The summed E-state index contributed by atoms with van der Waals surface area (Å²) in [5, 5.41) is 0. The Hall–Kier alpha value is -1.57. The zero-order valence-corrected chi connectivity index (χ0v) is 17.7. The van der Waals surface area contributed by atoms with Crippen LogP contribution in [0.25, 0.3) is 0 Å². The van der Waals surface area contributed by atoms with Crippen molar-refractivity contribution in [3.63, 3.8) is 0 Å². The summed E-state index contributed by atoms with van der Waals surface area (Å²) < 4.78 is 18.5. The van der Waals surface area contributed by atoms with Crippen LogP contribution in [0.15, 0.2) is 0 Å². The lowest BCUT2D eigenvalue weighted by Crippen LogP contribution is -2.48. The number of rotatable bonds is 4. The van der Waals surface area contributed by atoms with Crippen molar-refractivity contribution in [1.29, 1.82) is 0 Å². The summed E-state index contributed by atoms with van der Waals surface area (Å²) in [6, 6.07) is -0.316. The highest BCUT2D eigenvalue weighted by Gasteiger charge is 2.50. The Morgan fingerprint density at radius 2 is 1.88 bits per heavy atom. The molecule has 0 aromatic rings. The van der Waals surface area contributed by atoms with Crippen LogP contribution < -0.4 is 0 Å². The number of carbonyl (C=O) groups is 3. The van der Waals surface area contributed by atoms with Crippen LogP contribution >= 0.6 is 0 Å². The Labute approximate surface area is 158 Å². The zero-order valence-electron chi connectivity index (χ0n) is 17.7. The molecule has 2 bridgehead atoms. The molecular formula is C18H32N2O5Si. The number of ether oxygens (including phenoxy) is 2. The first-order valence-corrected chi connectivity index (χ1v) is 12.9. The van der Waals surface area contributed by atoms with Gasteiger partial charge >= 0.3 is 12.2 Å². The van der Waals surface area contributed by atoms with Crippen molar-refractivity contribution in [2.75, 3.05) is 19.7 Å². The van der Waals surface area contributed by atoms with Gasteiger partial charge in [-0.1, -0.05) is 19.6 Å². The maximum Gasteiger partial charge on any atom is 0.411 e. The molecule has 2 fully saturated rings. The van der Waals surface area contributed by atoms with Gasteiger partial charge in [-0.3, -0.25) is 4.90 Å². The van der Waals surface area contributed by atoms with E-state index in [2.05, 4.69) is 19.6 Å². The number of aldehydes is 1. The summed E-state index contributed by atoms with van der Waals surface area (Å²) in [6.45, 7) is 12.9. The summed E-state index contributed by atoms with van der Waals surface area (Å²) in [4.78, 5) is 39.9. The SMILES string of the molecule is [2H]C(=O)[C@H]1[C@H]2C[C@H](CN(C(=O)OCC[Si](C)(C)C)C2)N1C(=O)OC(C)(C)C. The quantitative estimate of drug-likeness (QED) is 0.549. The van der Waals surface area contributed by atoms with Crippen molar-refractivity contribution >= 4 is 26.5 Å². The molecule has 2 aliphatic rings. The van der Waals surface area contributed by atoms with Gasteiger partial charge in [0, 0.05) is 27.1 Å². The third-order valence-corrected chi connectivity index (χ3v) is 6.37. The molecule has 0 aliphatic carbocycles. The van der Waals surface area contributed by atoms with Gasteiger partial charge in [0.2, 0.25) is 0 Å². The highest BCUT2D eigenvalue weighted by molar-refractivity contribution is 6.76. The molecule has 0 spiro atoms. The van der Waals surface area contributed by atoms with Crippen LogP contribution in [0.1, 0.15) is 28.6 Å². The number of likely N-dealkylation sites (tertiary alicyclic amines) is 2. The summed E-state index contributed by atoms with van der Waals surface area (Å²) in [7, 11) is -1.30. The van der Waals surface area contributed by atoms with E-state index in [1.165, 1.54) is 4.90 Å². The summed E-state index contributed by atoms with van der Waals surface area (Å²) in [5.74, 6) is -0.259. The molecule has 3 atom stereocenters. The average molecular weight is 386 g/mol. The van der Waals surface area contributed by atoms with E-state index in [4.69, 9.17) is 10.8 Å². The first kappa shape index (κ1) is 19.2. The van der Waals surface area contributed by atoms with E-state index in [0.29, 0.717) is 26.1 Å². The van der Waals surface area contributed by atoms with E-state index in [1.807, 2.05) is 0 Å². The minimum atomic E-state index is -1.30. The maximum atomic E-state index is 12.6. The topological polar surface area (TPSA) is 76.2 Å². The number of carbonyl (C=O) groups excluding carboxylic acids is 3. The lowest BCUT2D eigenvalue weighted by molar-refractivity contribution is -0.112. The predicted molar refractivity (Wildman–Crippen MR) is 101 cm³/mol. The molecule has 148 valence electrons. The summed E-state index contributed by atoms with van der Waals surface area (Å²) in [5.41, 5.74) is -0.696. The van der Waals surface area contributed by atoms with Crippen LogP contribution in [0, 0.1) is 5.92 Å². The van der Waals surface area contributed by atoms with Crippen molar-refractivity contribution in [2.24, 2.45) is 5.92 Å². The van der Waals surface area contributed by atoms with Gasteiger partial charge in [0.1, 0.15) is 13.2 Å². The normalized spacial score (nSPS) is 26.4. The number of fused-ring (bicyclic) bond motifs is 2. The molecule has 8 heteroatoms. The van der Waals surface area contributed by atoms with Crippen LogP contribution in [0.2, 0.25) is 25.7 Å². The molecule has 2 rings (SSSR count). The number of hydrogen-bond donors (Lipinski definition) is 0. The van der Waals surface area contributed by atoms with Gasteiger partial charge in [0.15, 0.2) is 0 Å². The molecule has 7 nitrogen and oxygen atoms in total. The number of hydrogen-bond acceptors (Lipinski definition) is 5. The fourth-order valence-corrected chi connectivity index (χ4v) is 4.12. The molecule has 2 saturated heterocycles. The summed E-state index contributed by atoms with van der Waals surface area (Å²) in [6.07, 6.45) is -1.24. The Kier molecular flexibility index (Phi) is 5.60. The highest BCUT2D eigenvalue weighted by atomic mass is 28.3. The second kappa shape index (κ2) is 7.58. The Bertz CT molecular complexity index is 602. The minimum absolute atomic E-state index is 0.259. The van der Waals surface area contributed by atoms with Crippen LogP contribution in [-0.4, -0.2) is 73.7 Å². The van der Waals surface area contributed by atoms with Crippen LogP contribution in [0.5, 0.6) is 0 Å². The standard InChI is InChI=1S/C18H32N2O5Si/c1-18(2,3)25-17(23)20-14-9-13(15(20)12-21)10-19(11-14)16(22)24-7-8-26(4,5)6/h12-15H,7-11H2,1-6H3/t13-,14+,15-/m0/s1/i12D. The van der Waals surface area contributed by atoms with Gasteiger partial charge in [-0.15, -0.1) is 0 Å². The smallest absolute Gasteiger partial charge is 0.411 e. The second-order valence-electron chi connectivity index (χ2n) is 9.43. The van der Waals surface area contributed by atoms with Crippen molar-refractivity contribution in [2.45, 2.75) is 70.6 Å². The molecule has 0 saturated carbocycles. The number of piperidine rings is 1. The van der Waals surface area contributed by atoms with E-state index < -0.39 is 38.2 Å². The van der Waals surface area contributed by atoms with E-state index in [0.717, 1.165) is 6.04 Å². The van der Waals surface area contributed by atoms with Gasteiger partial charge in [-0.25, -0.2) is 9.59 Å². The number of amides is 2. The lowest BCUT2D eigenvalue weighted by atomic mass is 9.96. The van der Waals surface area contributed by atoms with Crippen molar-refractivity contribution in [3.05, 3.63) is 0 Å². The Balaban J connectivity index is 2.07. The van der Waals surface area contributed by atoms with E-state index >= 15 is 0 Å². The monoisotopic (exact) mass is 385 g/mol. The van der Waals surface area contributed by atoms with Crippen LogP contribution in [0.3, 0.4) is 0 Å². The van der Waals surface area contributed by atoms with Gasteiger partial charge in [0.05, 0.1) is 18.7 Å². The fourth-order valence-electron chi connectivity index (χ4n) is 3.41. The zero-order chi connectivity index (χ0) is 20.6. The molecule has 0 aromatic heterocycles. The maximum absolute atomic E-state index is 12.6. The Morgan fingerprint density at radius 1 is 1.23 bits per heavy atom.